The molecule has 2 aliphatic rings. The number of benzene rings is 1. The van der Waals surface area contributed by atoms with Gasteiger partial charge in [-0.25, -0.2) is 0 Å². The van der Waals surface area contributed by atoms with Crippen LogP contribution in [-0.2, 0) is 22.4 Å². The minimum atomic E-state index is -0.745. The van der Waals surface area contributed by atoms with Crippen molar-refractivity contribution in [3.63, 3.8) is 0 Å². The molecular formula is C25H32O4. The fourth-order valence-electron chi connectivity index (χ4n) is 4.75. The summed E-state index contributed by atoms with van der Waals surface area (Å²) in [5.74, 6) is -0.327. The topological polar surface area (TPSA) is 74.6 Å². The zero-order valence-corrected chi connectivity index (χ0v) is 17.2. The van der Waals surface area contributed by atoms with Gasteiger partial charge >= 0.3 is 5.97 Å². The summed E-state index contributed by atoms with van der Waals surface area (Å²) in [6.45, 7) is 2.00. The van der Waals surface area contributed by atoms with Crippen LogP contribution >= 0.6 is 0 Å². The molecule has 29 heavy (non-hydrogen) atoms. The second kappa shape index (κ2) is 10.0. The van der Waals surface area contributed by atoms with Crippen molar-refractivity contribution in [3.8, 4) is 0 Å². The number of rotatable bonds is 10. The highest BCUT2D eigenvalue weighted by Gasteiger charge is 2.32. The lowest BCUT2D eigenvalue weighted by Gasteiger charge is -2.19. The fraction of sp³-hybridized carbons (Fsp3) is 0.520. The maximum atomic E-state index is 12.4. The molecule has 0 amide bonds. The number of ketones is 1. The van der Waals surface area contributed by atoms with E-state index in [4.69, 9.17) is 5.11 Å². The van der Waals surface area contributed by atoms with Crippen LogP contribution in [0.5, 0.6) is 0 Å². The number of hydrogen-bond donors (Lipinski definition) is 2. The Balaban J connectivity index is 1.50. The van der Waals surface area contributed by atoms with Gasteiger partial charge in [0.25, 0.3) is 0 Å². The van der Waals surface area contributed by atoms with Gasteiger partial charge in [0, 0.05) is 18.3 Å². The van der Waals surface area contributed by atoms with E-state index in [0.717, 1.165) is 44.1 Å². The summed E-state index contributed by atoms with van der Waals surface area (Å²) in [6.07, 6.45) is 11.5. The summed E-state index contributed by atoms with van der Waals surface area (Å²) in [7, 11) is 0. The number of unbranched alkanes of at least 4 members (excludes halogenated alkanes) is 3. The highest BCUT2D eigenvalue weighted by atomic mass is 16.4. The van der Waals surface area contributed by atoms with E-state index in [1.807, 2.05) is 31.2 Å². The second-order valence-corrected chi connectivity index (χ2v) is 8.58. The molecule has 3 rings (SSSR count). The van der Waals surface area contributed by atoms with Crippen molar-refractivity contribution in [2.45, 2.75) is 64.4 Å². The van der Waals surface area contributed by atoms with Crippen molar-refractivity contribution in [1.82, 2.24) is 0 Å². The van der Waals surface area contributed by atoms with Gasteiger partial charge in [0.05, 0.1) is 6.10 Å². The van der Waals surface area contributed by atoms with Crippen LogP contribution in [0.15, 0.2) is 48.1 Å². The van der Waals surface area contributed by atoms with Gasteiger partial charge in [-0.15, -0.1) is 0 Å². The monoisotopic (exact) mass is 396 g/mol. The SMILES string of the molecule is CC1=CC(=O)[C@H](CCCCCCC(=O)O)[C@@H]1C=C[C@H](O)C1Cc2ccccc2C1. The van der Waals surface area contributed by atoms with E-state index < -0.39 is 12.1 Å². The standard InChI is InChI=1S/C25H32O4/c1-17-14-24(27)22(10-4-2-3-5-11-25(28)29)21(17)12-13-23(26)20-15-18-8-6-7-9-19(18)16-20/h6-9,12-14,20-23,26H,2-5,10-11,15-16H2,1H3,(H,28,29)/t21-,22-,23+/m1/s1. The van der Waals surface area contributed by atoms with Gasteiger partial charge in [-0.3, -0.25) is 9.59 Å². The molecule has 0 spiro atoms. The minimum absolute atomic E-state index is 0.0429. The lowest BCUT2D eigenvalue weighted by Crippen LogP contribution is -2.20. The summed E-state index contributed by atoms with van der Waals surface area (Å²) in [5.41, 5.74) is 3.74. The summed E-state index contributed by atoms with van der Waals surface area (Å²) in [6, 6.07) is 8.38. The Morgan fingerprint density at radius 1 is 1.14 bits per heavy atom. The minimum Gasteiger partial charge on any atom is -0.481 e. The molecule has 0 saturated heterocycles. The van der Waals surface area contributed by atoms with Crippen molar-refractivity contribution in [2.24, 2.45) is 17.8 Å². The number of carboxylic acid groups (broad SMARTS) is 1. The molecule has 0 bridgehead atoms. The number of aliphatic hydroxyl groups excluding tert-OH is 1. The fourth-order valence-corrected chi connectivity index (χ4v) is 4.75. The van der Waals surface area contributed by atoms with Crippen molar-refractivity contribution >= 4 is 11.8 Å². The molecule has 156 valence electrons. The van der Waals surface area contributed by atoms with E-state index >= 15 is 0 Å². The van der Waals surface area contributed by atoms with Crippen LogP contribution in [0.4, 0.5) is 0 Å². The van der Waals surface area contributed by atoms with Crippen LogP contribution in [0.25, 0.3) is 0 Å². The predicted octanol–water partition coefficient (Wildman–Crippen LogP) is 4.51. The summed E-state index contributed by atoms with van der Waals surface area (Å²) in [4.78, 5) is 23.0. The Kier molecular flexibility index (Phi) is 7.43. The molecule has 3 atom stereocenters. The number of hydrogen-bond acceptors (Lipinski definition) is 3. The first-order chi connectivity index (χ1) is 14.0. The third-order valence-electron chi connectivity index (χ3n) is 6.43. The first kappa shape index (κ1) is 21.5. The van der Waals surface area contributed by atoms with Gasteiger partial charge in [0.15, 0.2) is 5.78 Å². The maximum absolute atomic E-state index is 12.4. The molecular weight excluding hydrogens is 364 g/mol. The van der Waals surface area contributed by atoms with E-state index in [2.05, 4.69) is 12.1 Å². The van der Waals surface area contributed by atoms with E-state index in [1.54, 1.807) is 6.08 Å². The average Bonchev–Trinajstić information content (AvgIpc) is 3.23. The number of carboxylic acids is 1. The first-order valence-corrected chi connectivity index (χ1v) is 10.8. The van der Waals surface area contributed by atoms with Crippen LogP contribution in [-0.4, -0.2) is 28.1 Å². The Morgan fingerprint density at radius 3 is 2.45 bits per heavy atom. The van der Waals surface area contributed by atoms with Crippen LogP contribution in [0, 0.1) is 17.8 Å². The molecule has 2 aliphatic carbocycles. The molecule has 0 unspecified atom stereocenters. The predicted molar refractivity (Wildman–Crippen MR) is 114 cm³/mol. The Morgan fingerprint density at radius 2 is 1.79 bits per heavy atom. The molecule has 0 aromatic heterocycles. The van der Waals surface area contributed by atoms with Gasteiger partial charge in [-0.2, -0.15) is 0 Å². The van der Waals surface area contributed by atoms with Crippen molar-refractivity contribution < 1.29 is 19.8 Å². The van der Waals surface area contributed by atoms with Gasteiger partial charge in [-0.05, 0) is 55.7 Å². The van der Waals surface area contributed by atoms with Crippen LogP contribution in [0.2, 0.25) is 0 Å². The van der Waals surface area contributed by atoms with E-state index in [1.165, 1.54) is 11.1 Å². The Labute approximate surface area is 173 Å². The molecule has 0 heterocycles. The van der Waals surface area contributed by atoms with Gasteiger partial charge < -0.3 is 10.2 Å². The summed E-state index contributed by atoms with van der Waals surface area (Å²) in [5, 5.41) is 19.4. The van der Waals surface area contributed by atoms with Gasteiger partial charge in [-0.1, -0.05) is 61.3 Å². The molecule has 2 N–H and O–H groups in total. The zero-order chi connectivity index (χ0) is 20.8. The Bertz CT molecular complexity index is 767. The number of aliphatic hydroxyl groups is 1. The molecule has 1 aromatic rings. The zero-order valence-electron chi connectivity index (χ0n) is 17.2. The van der Waals surface area contributed by atoms with Crippen LogP contribution in [0.1, 0.15) is 56.6 Å². The van der Waals surface area contributed by atoms with Crippen molar-refractivity contribution in [2.75, 3.05) is 0 Å². The number of fused-ring (bicyclic) bond motifs is 1. The summed E-state index contributed by atoms with van der Waals surface area (Å²) >= 11 is 0. The van der Waals surface area contributed by atoms with Gasteiger partial charge in [0.1, 0.15) is 0 Å². The molecule has 4 nitrogen and oxygen atoms in total. The van der Waals surface area contributed by atoms with E-state index in [0.29, 0.717) is 6.42 Å². The smallest absolute Gasteiger partial charge is 0.303 e. The van der Waals surface area contributed by atoms with E-state index in [-0.39, 0.29) is 30.0 Å². The number of carbonyl (C=O) groups excluding carboxylic acids is 1. The molecule has 0 saturated carbocycles. The molecule has 0 aliphatic heterocycles. The highest BCUT2D eigenvalue weighted by Crippen LogP contribution is 2.35. The molecule has 4 heteroatoms. The van der Waals surface area contributed by atoms with E-state index in [9.17, 15) is 14.7 Å². The van der Waals surface area contributed by atoms with Crippen LogP contribution < -0.4 is 0 Å². The van der Waals surface area contributed by atoms with Crippen molar-refractivity contribution in [1.29, 1.82) is 0 Å². The number of carbonyl (C=O) groups is 2. The van der Waals surface area contributed by atoms with Gasteiger partial charge in [0.2, 0.25) is 0 Å². The normalized spacial score (nSPS) is 22.8. The average molecular weight is 397 g/mol. The highest BCUT2D eigenvalue weighted by molar-refractivity contribution is 5.95. The molecule has 0 radical (unpaired) electrons. The van der Waals surface area contributed by atoms with Crippen molar-refractivity contribution in [3.05, 3.63) is 59.2 Å². The lowest BCUT2D eigenvalue weighted by atomic mass is 9.85. The quantitative estimate of drug-likeness (QED) is 0.451. The first-order valence-electron chi connectivity index (χ1n) is 10.8. The third kappa shape index (κ3) is 5.66. The molecule has 0 fully saturated rings. The second-order valence-electron chi connectivity index (χ2n) is 8.58. The largest absolute Gasteiger partial charge is 0.481 e. The Hall–Kier alpha value is -2.20. The molecule has 1 aromatic carbocycles. The maximum Gasteiger partial charge on any atom is 0.303 e. The third-order valence-corrected chi connectivity index (χ3v) is 6.43. The number of allylic oxidation sites excluding steroid dienone is 3. The number of aliphatic carboxylic acids is 1. The lowest BCUT2D eigenvalue weighted by molar-refractivity contribution is -0.137. The van der Waals surface area contributed by atoms with Crippen LogP contribution in [0.3, 0.4) is 0 Å². The summed E-state index contributed by atoms with van der Waals surface area (Å²) < 4.78 is 0.